The second-order valence-electron chi connectivity index (χ2n) is 10.2. The molecule has 0 spiro atoms. The first-order chi connectivity index (χ1) is 17.4. The number of halogens is 1. The number of sulfonamides is 1. The van der Waals surface area contributed by atoms with E-state index in [0.717, 1.165) is 61.4 Å². The number of piperidine rings is 1. The van der Waals surface area contributed by atoms with Gasteiger partial charge < -0.3 is 4.90 Å². The highest BCUT2D eigenvalue weighted by molar-refractivity contribution is 7.89. The number of anilines is 1. The van der Waals surface area contributed by atoms with E-state index < -0.39 is 10.0 Å². The predicted molar refractivity (Wildman–Crippen MR) is 139 cm³/mol. The second-order valence-corrected chi connectivity index (χ2v) is 12.1. The third-order valence-corrected chi connectivity index (χ3v) is 10.0. The Labute approximate surface area is 212 Å². The maximum absolute atomic E-state index is 13.8. The Kier molecular flexibility index (Phi) is 5.76. The minimum Gasteiger partial charge on any atom is -0.371 e. The molecule has 2 aromatic carbocycles. The second kappa shape index (κ2) is 8.85. The molecule has 1 atom stereocenters. The van der Waals surface area contributed by atoms with E-state index in [2.05, 4.69) is 23.0 Å². The van der Waals surface area contributed by atoms with Gasteiger partial charge in [0.05, 0.1) is 22.5 Å². The van der Waals surface area contributed by atoms with Gasteiger partial charge in [-0.1, -0.05) is 18.6 Å². The lowest BCUT2D eigenvalue weighted by molar-refractivity contribution is 0.204. The molecule has 3 heterocycles. The van der Waals surface area contributed by atoms with Crippen molar-refractivity contribution in [3.8, 4) is 5.69 Å². The van der Waals surface area contributed by atoms with Gasteiger partial charge in [0.1, 0.15) is 5.82 Å². The molecular formula is C28H31FN4O2S. The van der Waals surface area contributed by atoms with Crippen LogP contribution in [0.4, 0.5) is 10.1 Å². The van der Waals surface area contributed by atoms with Crippen LogP contribution in [0.3, 0.4) is 0 Å². The van der Waals surface area contributed by atoms with Gasteiger partial charge in [-0.25, -0.2) is 17.5 Å². The molecule has 0 saturated carbocycles. The summed E-state index contributed by atoms with van der Waals surface area (Å²) in [5.41, 5.74) is 4.94. The van der Waals surface area contributed by atoms with Crippen LogP contribution in [0.2, 0.25) is 0 Å². The zero-order chi connectivity index (χ0) is 24.9. The van der Waals surface area contributed by atoms with Crippen molar-refractivity contribution in [3.63, 3.8) is 0 Å². The van der Waals surface area contributed by atoms with Gasteiger partial charge in [-0.15, -0.1) is 0 Å². The Morgan fingerprint density at radius 2 is 1.81 bits per heavy atom. The molecular weight excluding hydrogens is 475 g/mol. The van der Waals surface area contributed by atoms with Gasteiger partial charge in [0.15, 0.2) is 0 Å². The summed E-state index contributed by atoms with van der Waals surface area (Å²) in [6.07, 6.45) is 8.64. The first kappa shape index (κ1) is 23.4. The average molecular weight is 507 g/mol. The number of aromatic nitrogens is 2. The van der Waals surface area contributed by atoms with Crippen LogP contribution in [0.25, 0.3) is 11.8 Å². The summed E-state index contributed by atoms with van der Waals surface area (Å²) in [6.45, 7) is 5.03. The highest BCUT2D eigenvalue weighted by atomic mass is 32.2. The largest absolute Gasteiger partial charge is 0.371 e. The van der Waals surface area contributed by atoms with Gasteiger partial charge >= 0.3 is 0 Å². The van der Waals surface area contributed by atoms with Gasteiger partial charge in [0.2, 0.25) is 10.0 Å². The lowest BCUT2D eigenvalue weighted by atomic mass is 9.67. The van der Waals surface area contributed by atoms with Gasteiger partial charge in [-0.05, 0) is 86.2 Å². The smallest absolute Gasteiger partial charge is 0.243 e. The molecule has 6 rings (SSSR count). The highest BCUT2D eigenvalue weighted by Crippen LogP contribution is 2.47. The van der Waals surface area contributed by atoms with E-state index in [1.54, 1.807) is 22.5 Å². The van der Waals surface area contributed by atoms with Crippen molar-refractivity contribution in [2.24, 2.45) is 5.41 Å². The van der Waals surface area contributed by atoms with Crippen LogP contribution in [0.15, 0.2) is 65.2 Å². The fourth-order valence-electron chi connectivity index (χ4n) is 6.06. The van der Waals surface area contributed by atoms with Crippen molar-refractivity contribution in [1.29, 1.82) is 0 Å². The van der Waals surface area contributed by atoms with E-state index in [4.69, 9.17) is 0 Å². The molecule has 2 aliphatic heterocycles. The number of rotatable bonds is 5. The molecule has 0 unspecified atom stereocenters. The first-order valence-corrected chi connectivity index (χ1v) is 14.2. The lowest BCUT2D eigenvalue weighted by Crippen LogP contribution is -2.49. The van der Waals surface area contributed by atoms with E-state index >= 15 is 0 Å². The molecule has 8 heteroatoms. The quantitative estimate of drug-likeness (QED) is 0.486. The van der Waals surface area contributed by atoms with E-state index in [9.17, 15) is 12.8 Å². The topological polar surface area (TPSA) is 58.4 Å². The van der Waals surface area contributed by atoms with Crippen molar-refractivity contribution in [2.75, 3.05) is 31.1 Å². The fourth-order valence-corrected chi connectivity index (χ4v) is 7.62. The molecule has 6 nitrogen and oxygen atoms in total. The van der Waals surface area contributed by atoms with Crippen LogP contribution in [0.5, 0.6) is 0 Å². The van der Waals surface area contributed by atoms with Crippen molar-refractivity contribution in [3.05, 3.63) is 77.4 Å². The third-order valence-electron chi connectivity index (χ3n) is 8.19. The summed E-state index contributed by atoms with van der Waals surface area (Å²) in [4.78, 5) is 2.65. The summed E-state index contributed by atoms with van der Waals surface area (Å²) in [5.74, 6) is -0.275. The van der Waals surface area contributed by atoms with Crippen LogP contribution in [0.1, 0.15) is 43.9 Å². The maximum Gasteiger partial charge on any atom is 0.243 e. The monoisotopic (exact) mass is 506 g/mol. The molecule has 1 aromatic heterocycles. The Balaban J connectivity index is 1.30. The highest BCUT2D eigenvalue weighted by Gasteiger charge is 2.44. The molecule has 2 fully saturated rings. The minimum atomic E-state index is -3.61. The van der Waals surface area contributed by atoms with Gasteiger partial charge in [0.25, 0.3) is 0 Å². The number of nitrogens with zero attached hydrogens (tertiary/aromatic N) is 4. The Bertz CT molecular complexity index is 1420. The molecule has 0 bridgehead atoms. The number of hydrogen-bond donors (Lipinski definition) is 0. The average Bonchev–Trinajstić information content (AvgIpc) is 3.58. The van der Waals surface area contributed by atoms with E-state index in [1.165, 1.54) is 17.7 Å². The van der Waals surface area contributed by atoms with Gasteiger partial charge in [-0.3, -0.25) is 0 Å². The van der Waals surface area contributed by atoms with Crippen LogP contribution in [0, 0.1) is 11.2 Å². The molecule has 3 aliphatic rings. The molecule has 3 aromatic rings. The molecule has 0 radical (unpaired) electrons. The lowest BCUT2D eigenvalue weighted by Gasteiger charge is -2.45. The maximum atomic E-state index is 13.8. The zero-order valence-electron chi connectivity index (χ0n) is 20.5. The van der Waals surface area contributed by atoms with E-state index in [-0.39, 0.29) is 11.2 Å². The van der Waals surface area contributed by atoms with Crippen LogP contribution in [-0.2, 0) is 16.4 Å². The van der Waals surface area contributed by atoms with Gasteiger partial charge in [0, 0.05) is 37.3 Å². The summed E-state index contributed by atoms with van der Waals surface area (Å²) in [6, 6.07) is 13.8. The fraction of sp³-hybridized carbons (Fsp3) is 0.393. The number of hydrogen-bond acceptors (Lipinski definition) is 4. The molecule has 0 amide bonds. The van der Waals surface area contributed by atoms with E-state index in [0.29, 0.717) is 24.4 Å². The third kappa shape index (κ3) is 3.87. The summed E-state index contributed by atoms with van der Waals surface area (Å²) >= 11 is 0. The Hall–Kier alpha value is -2.97. The number of fused-ring (bicyclic) bond motifs is 2. The summed E-state index contributed by atoms with van der Waals surface area (Å²) < 4.78 is 44.6. The summed E-state index contributed by atoms with van der Waals surface area (Å²) in [7, 11) is -3.61. The zero-order valence-corrected chi connectivity index (χ0v) is 21.3. The molecule has 2 saturated heterocycles. The first-order valence-electron chi connectivity index (χ1n) is 12.8. The predicted octanol–water partition coefficient (Wildman–Crippen LogP) is 5.04. The van der Waals surface area contributed by atoms with Crippen molar-refractivity contribution in [1.82, 2.24) is 14.1 Å². The Morgan fingerprint density at radius 3 is 2.56 bits per heavy atom. The van der Waals surface area contributed by atoms with E-state index in [1.807, 2.05) is 29.1 Å². The molecule has 0 N–H and O–H groups in total. The van der Waals surface area contributed by atoms with Crippen molar-refractivity contribution in [2.45, 2.75) is 43.9 Å². The molecule has 1 aliphatic carbocycles. The molecule has 188 valence electrons. The standard InChI is InChI=1S/C28H31FN4O2S/c1-2-28-18-21-19-30-33(24-10-8-23(29)9-11-24)27(21)16-22(28)12-15-32(20-28)36(34,35)26-7-5-6-25(17-26)31-13-3-4-14-31/h5-11,16-17,19H,2-4,12-15,18,20H2,1H3/t28-/m1/s1. The van der Waals surface area contributed by atoms with Crippen LogP contribution >= 0.6 is 0 Å². The SMILES string of the molecule is CC[C@]12Cc3cnn(-c4ccc(F)cc4)c3C=C1CCN(S(=O)(=O)c1cccc(N3CCCC3)c1)C2. The summed E-state index contributed by atoms with van der Waals surface area (Å²) in [5, 5.41) is 4.60. The van der Waals surface area contributed by atoms with Crippen molar-refractivity contribution >= 4 is 21.8 Å². The molecule has 36 heavy (non-hydrogen) atoms. The number of benzene rings is 2. The van der Waals surface area contributed by atoms with Crippen LogP contribution in [-0.4, -0.2) is 48.7 Å². The van der Waals surface area contributed by atoms with Crippen LogP contribution < -0.4 is 4.90 Å². The van der Waals surface area contributed by atoms with Crippen molar-refractivity contribution < 1.29 is 12.8 Å². The van der Waals surface area contributed by atoms with Gasteiger partial charge in [-0.2, -0.15) is 9.40 Å². The normalized spacial score (nSPS) is 22.3. The minimum absolute atomic E-state index is 0.248. The Morgan fingerprint density at radius 1 is 1.03 bits per heavy atom.